The molecule has 8 heteroatoms. The number of halogens is 2. The zero-order valence-corrected chi connectivity index (χ0v) is 8.26. The molecule has 0 aliphatic rings. The van der Waals surface area contributed by atoms with Crippen LogP contribution < -0.4 is 0 Å². The van der Waals surface area contributed by atoms with Crippen LogP contribution in [0.15, 0.2) is 8.81 Å². The van der Waals surface area contributed by atoms with E-state index < -0.39 is 9.05 Å². The van der Waals surface area contributed by atoms with E-state index in [-0.39, 0.29) is 8.81 Å². The molecule has 0 spiro atoms. The van der Waals surface area contributed by atoms with Crippen LogP contribution in [0.25, 0.3) is 0 Å². The molecule has 0 radical (unpaired) electrons. The number of nitrogens with zero attached hydrogens (tertiary/aromatic N) is 2. The van der Waals surface area contributed by atoms with E-state index in [1.54, 1.807) is 0 Å². The van der Waals surface area contributed by atoms with E-state index in [1.807, 2.05) is 0 Å². The van der Waals surface area contributed by atoms with E-state index >= 15 is 0 Å². The molecule has 4 nitrogen and oxygen atoms in total. The Bertz CT molecular complexity index is 333. The zero-order chi connectivity index (χ0) is 7.78. The molecule has 0 atom stereocenters. The molecule has 0 amide bonds. The summed E-state index contributed by atoms with van der Waals surface area (Å²) in [7, 11) is 1.31. The largest absolute Gasteiger partial charge is 0.275 e. The van der Waals surface area contributed by atoms with Gasteiger partial charge >= 0.3 is 0 Å². The summed E-state index contributed by atoms with van der Waals surface area (Å²) in [6.07, 6.45) is 0. The minimum Gasteiger partial charge on any atom is -0.206 e. The fraction of sp³-hybridized carbons (Fsp3) is 0. The third-order valence-corrected chi connectivity index (χ3v) is 4.50. The molecule has 0 saturated carbocycles. The van der Waals surface area contributed by atoms with Gasteiger partial charge in [-0.2, -0.15) is 0 Å². The van der Waals surface area contributed by atoms with Crippen LogP contribution >= 0.6 is 38.1 Å². The van der Waals surface area contributed by atoms with Gasteiger partial charge in [0.15, 0.2) is 8.81 Å². The predicted octanol–water partition coefficient (Wildman–Crippen LogP) is 1.23. The van der Waals surface area contributed by atoms with Crippen molar-refractivity contribution < 1.29 is 8.42 Å². The van der Waals surface area contributed by atoms with Crippen LogP contribution in [0.2, 0.25) is 0 Å². The van der Waals surface area contributed by atoms with Crippen LogP contribution in [-0.4, -0.2) is 18.0 Å². The molecule has 0 fully saturated rings. The number of aromatic nitrogens is 2. The van der Waals surface area contributed by atoms with Gasteiger partial charge in [0.25, 0.3) is 9.05 Å². The van der Waals surface area contributed by atoms with E-state index in [9.17, 15) is 8.42 Å². The standard InChI is InChI=1S/C2BrClN2O2S2/c3-1-2(9-6-5-1)10(4,7)8. The van der Waals surface area contributed by atoms with Crippen molar-refractivity contribution in [2.24, 2.45) is 0 Å². The normalized spacial score (nSPS) is 11.8. The second-order valence-electron chi connectivity index (χ2n) is 1.29. The highest BCUT2D eigenvalue weighted by atomic mass is 79.9. The number of rotatable bonds is 1. The van der Waals surface area contributed by atoms with Gasteiger partial charge in [-0.3, -0.25) is 0 Å². The van der Waals surface area contributed by atoms with E-state index in [4.69, 9.17) is 10.7 Å². The Morgan fingerprint density at radius 3 is 2.40 bits per heavy atom. The van der Waals surface area contributed by atoms with Crippen molar-refractivity contribution in [3.8, 4) is 0 Å². The summed E-state index contributed by atoms with van der Waals surface area (Å²) < 4.78 is 24.6. The molecule has 1 rings (SSSR count). The fourth-order valence-electron chi connectivity index (χ4n) is 0.317. The average Bonchev–Trinajstić information content (AvgIpc) is 2.11. The van der Waals surface area contributed by atoms with Crippen molar-refractivity contribution >= 4 is 47.2 Å². The smallest absolute Gasteiger partial charge is 0.206 e. The van der Waals surface area contributed by atoms with Gasteiger partial charge in [-0.15, -0.1) is 5.10 Å². The van der Waals surface area contributed by atoms with Crippen molar-refractivity contribution in [1.82, 2.24) is 9.59 Å². The summed E-state index contributed by atoms with van der Waals surface area (Å²) in [6.45, 7) is 0. The number of hydrogen-bond acceptors (Lipinski definition) is 5. The average molecular weight is 264 g/mol. The molecule has 0 bridgehead atoms. The first-order valence-corrected chi connectivity index (χ1v) is 5.82. The highest BCUT2D eigenvalue weighted by molar-refractivity contribution is 9.10. The molecule has 0 N–H and O–H groups in total. The van der Waals surface area contributed by atoms with Gasteiger partial charge in [0.2, 0.25) is 0 Å². The lowest BCUT2D eigenvalue weighted by Crippen LogP contribution is -1.85. The monoisotopic (exact) mass is 262 g/mol. The highest BCUT2D eigenvalue weighted by Gasteiger charge is 2.17. The number of hydrogen-bond donors (Lipinski definition) is 0. The van der Waals surface area contributed by atoms with E-state index in [0.29, 0.717) is 0 Å². The van der Waals surface area contributed by atoms with Crippen LogP contribution in [0.5, 0.6) is 0 Å². The summed E-state index contributed by atoms with van der Waals surface area (Å²) in [6, 6.07) is 0. The molecule has 1 aromatic heterocycles. The summed E-state index contributed by atoms with van der Waals surface area (Å²) in [4.78, 5) is 0. The van der Waals surface area contributed by atoms with Gasteiger partial charge in [0, 0.05) is 22.2 Å². The highest BCUT2D eigenvalue weighted by Crippen LogP contribution is 2.25. The van der Waals surface area contributed by atoms with Crippen LogP contribution in [-0.2, 0) is 9.05 Å². The van der Waals surface area contributed by atoms with Crippen LogP contribution in [0.3, 0.4) is 0 Å². The lowest BCUT2D eigenvalue weighted by Gasteiger charge is -1.84. The first-order chi connectivity index (χ1) is 4.52. The molecule has 1 aromatic rings. The van der Waals surface area contributed by atoms with E-state index in [2.05, 4.69) is 25.5 Å². The van der Waals surface area contributed by atoms with Crippen molar-refractivity contribution in [2.75, 3.05) is 0 Å². The predicted molar refractivity (Wildman–Crippen MR) is 40.6 cm³/mol. The molecule has 0 aromatic carbocycles. The Morgan fingerprint density at radius 2 is 2.20 bits per heavy atom. The SMILES string of the molecule is O=S(=O)(Cl)c1snnc1Br. The quantitative estimate of drug-likeness (QED) is 0.715. The topological polar surface area (TPSA) is 59.9 Å². The molecular formula is C2BrClN2O2S2. The molecule has 0 unspecified atom stereocenters. The molecule has 0 saturated heterocycles. The molecule has 10 heavy (non-hydrogen) atoms. The molecule has 0 aliphatic heterocycles. The molecular weight excluding hydrogens is 264 g/mol. The van der Waals surface area contributed by atoms with Crippen LogP contribution in [0.4, 0.5) is 0 Å². The Kier molecular flexibility index (Phi) is 2.28. The lowest BCUT2D eigenvalue weighted by atomic mass is 11.0. The van der Waals surface area contributed by atoms with E-state index in [1.165, 1.54) is 0 Å². The Hall–Kier alpha value is 0.280. The first-order valence-electron chi connectivity index (χ1n) is 1.94. The lowest BCUT2D eigenvalue weighted by molar-refractivity contribution is 0.611. The molecule has 0 aliphatic carbocycles. The third kappa shape index (κ3) is 1.66. The van der Waals surface area contributed by atoms with Gasteiger partial charge in [0.1, 0.15) is 0 Å². The van der Waals surface area contributed by atoms with Crippen molar-refractivity contribution in [2.45, 2.75) is 4.21 Å². The minimum atomic E-state index is -3.67. The summed E-state index contributed by atoms with van der Waals surface area (Å²) in [5, 5.41) is 3.40. The maximum absolute atomic E-state index is 10.6. The summed E-state index contributed by atoms with van der Waals surface area (Å²) >= 11 is 3.60. The third-order valence-electron chi connectivity index (χ3n) is 0.642. The Balaban J connectivity index is 3.32. The van der Waals surface area contributed by atoms with Crippen molar-refractivity contribution in [3.05, 3.63) is 4.60 Å². The van der Waals surface area contributed by atoms with Gasteiger partial charge in [0.05, 0.1) is 0 Å². The molecule has 1 heterocycles. The summed E-state index contributed by atoms with van der Waals surface area (Å²) in [5.74, 6) is 0. The molecule has 56 valence electrons. The van der Waals surface area contributed by atoms with E-state index in [0.717, 1.165) is 11.5 Å². The first kappa shape index (κ1) is 8.38. The zero-order valence-electron chi connectivity index (χ0n) is 4.28. The maximum Gasteiger partial charge on any atom is 0.275 e. The van der Waals surface area contributed by atoms with Gasteiger partial charge < -0.3 is 0 Å². The van der Waals surface area contributed by atoms with Crippen LogP contribution in [0, 0.1) is 0 Å². The summed E-state index contributed by atoms with van der Waals surface area (Å²) in [5.41, 5.74) is 0. The second-order valence-corrected chi connectivity index (χ2v) is 5.56. The van der Waals surface area contributed by atoms with Gasteiger partial charge in [-0.05, 0) is 15.9 Å². The van der Waals surface area contributed by atoms with Crippen molar-refractivity contribution in [3.63, 3.8) is 0 Å². The Labute approximate surface area is 73.9 Å². The van der Waals surface area contributed by atoms with Crippen LogP contribution in [0.1, 0.15) is 0 Å². The Morgan fingerprint density at radius 1 is 1.60 bits per heavy atom. The van der Waals surface area contributed by atoms with Crippen molar-refractivity contribution in [1.29, 1.82) is 0 Å². The van der Waals surface area contributed by atoms with Gasteiger partial charge in [-0.25, -0.2) is 8.42 Å². The second kappa shape index (κ2) is 2.72. The fourth-order valence-corrected chi connectivity index (χ4v) is 3.12. The minimum absolute atomic E-state index is 0.0610. The maximum atomic E-state index is 10.6. The van der Waals surface area contributed by atoms with Gasteiger partial charge in [-0.1, -0.05) is 4.49 Å².